The molecule has 0 unspecified atom stereocenters. The lowest BCUT2D eigenvalue weighted by Gasteiger charge is -2.16. The molecule has 0 bridgehead atoms. The fourth-order valence-electron chi connectivity index (χ4n) is 1.68. The number of nitrogens with one attached hydrogen (secondary N) is 1. The maximum Gasteiger partial charge on any atom is 0.326 e. The minimum absolute atomic E-state index is 0.000797. The maximum absolute atomic E-state index is 12.2. The van der Waals surface area contributed by atoms with Crippen LogP contribution in [-0.4, -0.2) is 48.3 Å². The molecular formula is C13H15NO7. The van der Waals surface area contributed by atoms with Gasteiger partial charge in [0.2, 0.25) is 0 Å². The predicted octanol–water partition coefficient (Wildman–Crippen LogP) is 0.361. The third-order valence-electron chi connectivity index (χ3n) is 2.64. The van der Waals surface area contributed by atoms with Crippen LogP contribution < -0.4 is 14.8 Å². The van der Waals surface area contributed by atoms with Gasteiger partial charge in [0, 0.05) is 0 Å². The summed E-state index contributed by atoms with van der Waals surface area (Å²) in [5, 5.41) is 19.7. The smallest absolute Gasteiger partial charge is 0.326 e. The molecule has 0 aliphatic heterocycles. The summed E-state index contributed by atoms with van der Waals surface area (Å²) in [6.07, 6.45) is -0.738. The van der Waals surface area contributed by atoms with Crippen molar-refractivity contribution in [3.05, 3.63) is 23.8 Å². The van der Waals surface area contributed by atoms with E-state index in [1.807, 2.05) is 0 Å². The van der Waals surface area contributed by atoms with Crippen molar-refractivity contribution in [2.45, 2.75) is 12.5 Å². The van der Waals surface area contributed by atoms with Crippen molar-refractivity contribution in [3.8, 4) is 11.5 Å². The third-order valence-corrected chi connectivity index (χ3v) is 2.64. The second kappa shape index (κ2) is 7.13. The molecule has 0 saturated heterocycles. The van der Waals surface area contributed by atoms with Crippen molar-refractivity contribution in [3.63, 3.8) is 0 Å². The van der Waals surface area contributed by atoms with Gasteiger partial charge in [-0.25, -0.2) is 4.79 Å². The average molecular weight is 297 g/mol. The first-order chi connectivity index (χ1) is 9.90. The number of methoxy groups -OCH3 is 2. The molecule has 1 rings (SSSR count). The Morgan fingerprint density at radius 1 is 1.14 bits per heavy atom. The van der Waals surface area contributed by atoms with Crippen LogP contribution in [0.1, 0.15) is 16.8 Å². The minimum atomic E-state index is -1.55. The van der Waals surface area contributed by atoms with Gasteiger partial charge in [-0.3, -0.25) is 9.59 Å². The molecule has 0 saturated carbocycles. The Hall–Kier alpha value is -2.77. The molecule has 8 heteroatoms. The van der Waals surface area contributed by atoms with Crippen LogP contribution in [0, 0.1) is 0 Å². The summed E-state index contributed by atoms with van der Waals surface area (Å²) in [5.74, 6) is -3.20. The fraction of sp³-hybridized carbons (Fsp3) is 0.308. The Morgan fingerprint density at radius 2 is 1.67 bits per heavy atom. The molecular weight excluding hydrogens is 282 g/mol. The van der Waals surface area contributed by atoms with Gasteiger partial charge in [-0.2, -0.15) is 0 Å². The van der Waals surface area contributed by atoms with Crippen molar-refractivity contribution < 1.29 is 34.1 Å². The standard InChI is InChI=1S/C13H15NO7/c1-20-8-4-3-5-9(21-2)11(8)12(17)14-7(13(18)19)6-10(15)16/h3-5,7H,6H2,1-2H3,(H,14,17)(H,15,16)(H,18,19)/t7-/m0/s1. The van der Waals surface area contributed by atoms with Gasteiger partial charge >= 0.3 is 11.9 Å². The van der Waals surface area contributed by atoms with Crippen molar-refractivity contribution in [1.29, 1.82) is 0 Å². The molecule has 3 N–H and O–H groups in total. The van der Waals surface area contributed by atoms with E-state index in [1.165, 1.54) is 26.4 Å². The molecule has 0 aromatic heterocycles. The fourth-order valence-corrected chi connectivity index (χ4v) is 1.68. The number of hydrogen-bond acceptors (Lipinski definition) is 5. The van der Waals surface area contributed by atoms with E-state index in [4.69, 9.17) is 19.7 Å². The Morgan fingerprint density at radius 3 is 2.05 bits per heavy atom. The number of aliphatic carboxylic acids is 2. The van der Waals surface area contributed by atoms with Crippen molar-refractivity contribution >= 4 is 17.8 Å². The Bertz CT molecular complexity index is 533. The predicted molar refractivity (Wildman–Crippen MR) is 70.7 cm³/mol. The van der Waals surface area contributed by atoms with Gasteiger partial charge in [-0.15, -0.1) is 0 Å². The van der Waals surface area contributed by atoms with Crippen LogP contribution >= 0.6 is 0 Å². The largest absolute Gasteiger partial charge is 0.496 e. The van der Waals surface area contributed by atoms with E-state index < -0.39 is 30.3 Å². The maximum atomic E-state index is 12.2. The number of carbonyl (C=O) groups excluding carboxylic acids is 1. The van der Waals surface area contributed by atoms with Crippen LogP contribution in [0.2, 0.25) is 0 Å². The molecule has 1 atom stereocenters. The summed E-state index contributed by atoms with van der Waals surface area (Å²) in [4.78, 5) is 33.8. The summed E-state index contributed by atoms with van der Waals surface area (Å²) in [5.41, 5.74) is -0.000797. The van der Waals surface area contributed by atoms with Crippen molar-refractivity contribution in [2.75, 3.05) is 14.2 Å². The highest BCUT2D eigenvalue weighted by Crippen LogP contribution is 2.28. The third kappa shape index (κ3) is 4.10. The van der Waals surface area contributed by atoms with Crippen LogP contribution in [0.5, 0.6) is 11.5 Å². The number of carbonyl (C=O) groups is 3. The van der Waals surface area contributed by atoms with E-state index in [1.54, 1.807) is 6.07 Å². The number of ether oxygens (including phenoxy) is 2. The second-order valence-corrected chi connectivity index (χ2v) is 4.00. The zero-order valence-corrected chi connectivity index (χ0v) is 11.5. The zero-order valence-electron chi connectivity index (χ0n) is 11.5. The van der Waals surface area contributed by atoms with Gasteiger partial charge in [0.25, 0.3) is 5.91 Å². The molecule has 1 aromatic carbocycles. The Labute approximate surface area is 120 Å². The summed E-state index contributed by atoms with van der Waals surface area (Å²) < 4.78 is 10.1. The second-order valence-electron chi connectivity index (χ2n) is 4.00. The van der Waals surface area contributed by atoms with Gasteiger partial charge in [0.05, 0.1) is 20.6 Å². The van der Waals surface area contributed by atoms with E-state index in [0.29, 0.717) is 0 Å². The lowest BCUT2D eigenvalue weighted by atomic mass is 10.1. The highest BCUT2D eigenvalue weighted by Gasteiger charge is 2.26. The number of benzene rings is 1. The molecule has 0 heterocycles. The van der Waals surface area contributed by atoms with E-state index >= 15 is 0 Å². The van der Waals surface area contributed by atoms with Crippen LogP contribution in [0.25, 0.3) is 0 Å². The number of hydrogen-bond donors (Lipinski definition) is 3. The quantitative estimate of drug-likeness (QED) is 0.664. The molecule has 21 heavy (non-hydrogen) atoms. The minimum Gasteiger partial charge on any atom is -0.496 e. The number of carboxylic acid groups (broad SMARTS) is 2. The van der Waals surface area contributed by atoms with Crippen LogP contribution in [-0.2, 0) is 9.59 Å². The van der Waals surface area contributed by atoms with E-state index in [9.17, 15) is 14.4 Å². The molecule has 8 nitrogen and oxygen atoms in total. The van der Waals surface area contributed by atoms with Crippen LogP contribution in [0.4, 0.5) is 0 Å². The molecule has 1 amide bonds. The molecule has 0 aliphatic carbocycles. The molecule has 0 radical (unpaired) electrons. The topological polar surface area (TPSA) is 122 Å². The Balaban J connectivity index is 3.07. The molecule has 1 aromatic rings. The average Bonchev–Trinajstić information content (AvgIpc) is 2.44. The summed E-state index contributed by atoms with van der Waals surface area (Å²) in [7, 11) is 2.69. The van der Waals surface area contributed by atoms with Gasteiger partial charge in [0.15, 0.2) is 0 Å². The summed E-state index contributed by atoms with van der Waals surface area (Å²) in [6.45, 7) is 0. The van der Waals surface area contributed by atoms with E-state index in [0.717, 1.165) is 0 Å². The van der Waals surface area contributed by atoms with Gasteiger partial charge in [-0.05, 0) is 12.1 Å². The SMILES string of the molecule is COc1cccc(OC)c1C(=O)N[C@@H](CC(=O)O)C(=O)O. The molecule has 0 fully saturated rings. The van der Waals surface area contributed by atoms with Gasteiger partial charge in [-0.1, -0.05) is 6.07 Å². The normalized spacial score (nSPS) is 11.3. The Kier molecular flexibility index (Phi) is 5.53. The van der Waals surface area contributed by atoms with Crippen molar-refractivity contribution in [1.82, 2.24) is 5.32 Å². The highest BCUT2D eigenvalue weighted by molar-refractivity contribution is 6.01. The van der Waals surface area contributed by atoms with Gasteiger partial charge in [0.1, 0.15) is 23.1 Å². The monoisotopic (exact) mass is 297 g/mol. The zero-order chi connectivity index (χ0) is 16.0. The number of rotatable bonds is 7. The molecule has 0 spiro atoms. The molecule has 0 aliphatic rings. The first kappa shape index (κ1) is 16.3. The summed E-state index contributed by atoms with van der Waals surface area (Å²) >= 11 is 0. The molecule has 114 valence electrons. The lowest BCUT2D eigenvalue weighted by molar-refractivity contribution is -0.145. The van der Waals surface area contributed by atoms with E-state index in [2.05, 4.69) is 5.32 Å². The van der Waals surface area contributed by atoms with E-state index in [-0.39, 0.29) is 17.1 Å². The number of amides is 1. The van der Waals surface area contributed by atoms with Gasteiger partial charge < -0.3 is 25.0 Å². The van der Waals surface area contributed by atoms with Crippen molar-refractivity contribution in [2.24, 2.45) is 0 Å². The number of carboxylic acids is 2. The van der Waals surface area contributed by atoms with Crippen LogP contribution in [0.15, 0.2) is 18.2 Å². The first-order valence-electron chi connectivity index (χ1n) is 5.87. The highest BCUT2D eigenvalue weighted by atomic mass is 16.5. The summed E-state index contributed by atoms with van der Waals surface area (Å²) in [6, 6.07) is 3.06. The first-order valence-corrected chi connectivity index (χ1v) is 5.87. The lowest BCUT2D eigenvalue weighted by Crippen LogP contribution is -2.42. The van der Waals surface area contributed by atoms with Crippen LogP contribution in [0.3, 0.4) is 0 Å².